The Hall–Kier alpha value is -2.13. The molecule has 1 heterocycles. The first-order valence-corrected chi connectivity index (χ1v) is 11.8. The zero-order valence-electron chi connectivity index (χ0n) is 18.9. The number of aryl methyl sites for hydroxylation is 1. The van der Waals surface area contributed by atoms with E-state index >= 15 is 0 Å². The van der Waals surface area contributed by atoms with E-state index in [1.165, 1.54) is 9.21 Å². The first kappa shape index (κ1) is 24.1. The summed E-state index contributed by atoms with van der Waals surface area (Å²) in [4.78, 5) is 28.4. The lowest BCUT2D eigenvalue weighted by Gasteiger charge is -2.33. The number of amides is 3. The molecule has 1 saturated heterocycles. The highest BCUT2D eigenvalue weighted by atomic mass is 32.2. The summed E-state index contributed by atoms with van der Waals surface area (Å²) in [5.41, 5.74) is 2.18. The van der Waals surface area contributed by atoms with Crippen molar-refractivity contribution in [3.05, 3.63) is 23.3 Å². The van der Waals surface area contributed by atoms with Crippen LogP contribution in [0, 0.1) is 19.8 Å². The van der Waals surface area contributed by atoms with Gasteiger partial charge >= 0.3 is 6.03 Å². The minimum atomic E-state index is -3.62. The fourth-order valence-corrected chi connectivity index (χ4v) is 5.24. The van der Waals surface area contributed by atoms with E-state index in [9.17, 15) is 18.0 Å². The van der Waals surface area contributed by atoms with E-state index in [1.807, 2.05) is 13.8 Å². The van der Waals surface area contributed by atoms with Gasteiger partial charge in [-0.1, -0.05) is 13.8 Å². The highest BCUT2D eigenvalue weighted by Gasteiger charge is 2.29. The number of sulfonamides is 1. The number of hydrogen-bond donors (Lipinski definition) is 1. The van der Waals surface area contributed by atoms with Crippen molar-refractivity contribution in [2.45, 2.75) is 45.4 Å². The Bertz CT molecular complexity index is 887. The Labute approximate surface area is 180 Å². The third-order valence-corrected chi connectivity index (χ3v) is 7.79. The zero-order chi connectivity index (χ0) is 22.6. The van der Waals surface area contributed by atoms with E-state index in [4.69, 9.17) is 0 Å². The smallest absolute Gasteiger partial charge is 0.319 e. The average molecular weight is 439 g/mol. The van der Waals surface area contributed by atoms with Gasteiger partial charge in [-0.2, -0.15) is 4.31 Å². The van der Waals surface area contributed by atoms with Crippen LogP contribution in [0.5, 0.6) is 0 Å². The molecule has 3 amide bonds. The number of rotatable bonds is 6. The zero-order valence-corrected chi connectivity index (χ0v) is 19.7. The van der Waals surface area contributed by atoms with Crippen molar-refractivity contribution in [1.29, 1.82) is 0 Å². The lowest BCUT2D eigenvalue weighted by atomic mass is 9.95. The summed E-state index contributed by atoms with van der Waals surface area (Å²) in [7, 11) is -0.188. The maximum absolute atomic E-state index is 12.9. The van der Waals surface area contributed by atoms with E-state index in [1.54, 1.807) is 45.0 Å². The van der Waals surface area contributed by atoms with Gasteiger partial charge in [-0.05, 0) is 49.9 Å². The number of likely N-dealkylation sites (tertiary alicyclic amines) is 1. The maximum atomic E-state index is 12.9. The highest BCUT2D eigenvalue weighted by Crippen LogP contribution is 2.28. The van der Waals surface area contributed by atoms with Crippen LogP contribution in [0.25, 0.3) is 0 Å². The Morgan fingerprint density at radius 1 is 1.10 bits per heavy atom. The van der Waals surface area contributed by atoms with Crippen LogP contribution in [0.3, 0.4) is 0 Å². The number of carbonyl (C=O) groups is 2. The van der Waals surface area contributed by atoms with Crippen molar-refractivity contribution >= 4 is 27.6 Å². The predicted molar refractivity (Wildman–Crippen MR) is 118 cm³/mol. The number of nitrogens with zero attached hydrogens (tertiary/aromatic N) is 3. The van der Waals surface area contributed by atoms with Gasteiger partial charge < -0.3 is 15.1 Å². The van der Waals surface area contributed by atoms with Gasteiger partial charge in [0.15, 0.2) is 0 Å². The molecule has 0 bridgehead atoms. The lowest BCUT2D eigenvalue weighted by Crippen LogP contribution is -2.45. The van der Waals surface area contributed by atoms with Crippen molar-refractivity contribution in [3.8, 4) is 0 Å². The second kappa shape index (κ2) is 9.78. The summed E-state index contributed by atoms with van der Waals surface area (Å²) in [6.07, 6.45) is 1.17. The summed E-state index contributed by atoms with van der Waals surface area (Å²) >= 11 is 0. The largest absolute Gasteiger partial charge is 0.331 e. The van der Waals surface area contributed by atoms with Crippen LogP contribution >= 0.6 is 0 Å². The highest BCUT2D eigenvalue weighted by molar-refractivity contribution is 7.89. The van der Waals surface area contributed by atoms with Crippen LogP contribution in [0.4, 0.5) is 10.5 Å². The van der Waals surface area contributed by atoms with Gasteiger partial charge in [-0.25, -0.2) is 13.2 Å². The summed E-state index contributed by atoms with van der Waals surface area (Å²) in [5.74, 6) is -0.342. The molecule has 1 aromatic carbocycles. The third kappa shape index (κ3) is 5.13. The molecule has 9 heteroatoms. The molecule has 0 unspecified atom stereocenters. The molecule has 0 aliphatic carbocycles. The topological polar surface area (TPSA) is 90.0 Å². The summed E-state index contributed by atoms with van der Waals surface area (Å²) < 4.78 is 27.3. The molecule has 2 rings (SSSR count). The lowest BCUT2D eigenvalue weighted by molar-refractivity contribution is -0.121. The number of piperidine rings is 1. The summed E-state index contributed by atoms with van der Waals surface area (Å²) in [5, 5.41) is 2.94. The monoisotopic (exact) mass is 438 g/mol. The standard InChI is InChI=1S/C21H34N4O4S/c1-7-25(8-2)30(28,29)18-13-15(3)16(4)19(14-18)22-20(26)17-9-11-24(12-10-17)21(27)23(5)6/h13-14,17H,7-12H2,1-6H3,(H,22,26). The van der Waals surface area contributed by atoms with E-state index in [0.29, 0.717) is 44.7 Å². The number of urea groups is 1. The van der Waals surface area contributed by atoms with E-state index in [-0.39, 0.29) is 22.8 Å². The van der Waals surface area contributed by atoms with Crippen LogP contribution < -0.4 is 5.32 Å². The second-order valence-corrected chi connectivity index (χ2v) is 9.87. The van der Waals surface area contributed by atoms with Gasteiger partial charge in [0.05, 0.1) is 4.90 Å². The number of hydrogen-bond acceptors (Lipinski definition) is 4. The predicted octanol–water partition coefficient (Wildman–Crippen LogP) is 2.67. The number of nitrogens with one attached hydrogen (secondary N) is 1. The fourth-order valence-electron chi connectivity index (χ4n) is 3.67. The molecule has 1 aromatic rings. The van der Waals surface area contributed by atoms with E-state index < -0.39 is 10.0 Å². The first-order chi connectivity index (χ1) is 14.0. The SMILES string of the molecule is CCN(CC)S(=O)(=O)c1cc(C)c(C)c(NC(=O)C2CCN(C(=O)N(C)C)CC2)c1. The molecule has 0 atom stereocenters. The minimum Gasteiger partial charge on any atom is -0.331 e. The van der Waals surface area contributed by atoms with Crippen molar-refractivity contribution in [2.75, 3.05) is 45.6 Å². The van der Waals surface area contributed by atoms with Crippen molar-refractivity contribution in [1.82, 2.24) is 14.1 Å². The van der Waals surface area contributed by atoms with Crippen LogP contribution in [-0.2, 0) is 14.8 Å². The average Bonchev–Trinajstić information content (AvgIpc) is 2.71. The van der Waals surface area contributed by atoms with Crippen LogP contribution in [0.15, 0.2) is 17.0 Å². The van der Waals surface area contributed by atoms with E-state index in [0.717, 1.165) is 11.1 Å². The van der Waals surface area contributed by atoms with Crippen molar-refractivity contribution < 1.29 is 18.0 Å². The molecule has 1 N–H and O–H groups in total. The van der Waals surface area contributed by atoms with Crippen LogP contribution in [0.2, 0.25) is 0 Å². The van der Waals surface area contributed by atoms with Crippen LogP contribution in [0.1, 0.15) is 37.8 Å². The Kier molecular flexibility index (Phi) is 7.87. The quantitative estimate of drug-likeness (QED) is 0.739. The number of benzene rings is 1. The molecule has 1 fully saturated rings. The van der Waals surface area contributed by atoms with Crippen molar-refractivity contribution in [2.24, 2.45) is 5.92 Å². The maximum Gasteiger partial charge on any atom is 0.319 e. The number of anilines is 1. The second-order valence-electron chi connectivity index (χ2n) is 7.93. The summed E-state index contributed by atoms with van der Waals surface area (Å²) in [6.45, 7) is 9.16. The fraction of sp³-hybridized carbons (Fsp3) is 0.619. The molecule has 0 radical (unpaired) electrons. The molecule has 168 valence electrons. The van der Waals surface area contributed by atoms with E-state index in [2.05, 4.69) is 5.32 Å². The van der Waals surface area contributed by atoms with Gasteiger partial charge in [0, 0.05) is 51.9 Å². The number of carbonyl (C=O) groups excluding carboxylic acids is 2. The molecule has 0 aromatic heterocycles. The first-order valence-electron chi connectivity index (χ1n) is 10.4. The molecule has 0 spiro atoms. The molecule has 1 aliphatic rings. The molecule has 30 heavy (non-hydrogen) atoms. The van der Waals surface area contributed by atoms with Gasteiger partial charge in [0.2, 0.25) is 15.9 Å². The summed E-state index contributed by atoms with van der Waals surface area (Å²) in [6, 6.07) is 3.16. The normalized spacial score (nSPS) is 15.4. The third-order valence-electron chi connectivity index (χ3n) is 5.76. The molecule has 8 nitrogen and oxygen atoms in total. The van der Waals surface area contributed by atoms with Gasteiger partial charge in [0.1, 0.15) is 0 Å². The minimum absolute atomic E-state index is 0.0466. The molecular weight excluding hydrogens is 404 g/mol. The van der Waals surface area contributed by atoms with Crippen LogP contribution in [-0.4, -0.2) is 74.7 Å². The Morgan fingerprint density at radius 2 is 1.67 bits per heavy atom. The van der Waals surface area contributed by atoms with Gasteiger partial charge in [-0.15, -0.1) is 0 Å². The van der Waals surface area contributed by atoms with Gasteiger partial charge in [0.25, 0.3) is 0 Å². The Morgan fingerprint density at radius 3 is 2.17 bits per heavy atom. The van der Waals surface area contributed by atoms with Gasteiger partial charge in [-0.3, -0.25) is 4.79 Å². The van der Waals surface area contributed by atoms with Crippen molar-refractivity contribution in [3.63, 3.8) is 0 Å². The molecule has 0 saturated carbocycles. The molecular formula is C21H34N4O4S. The molecule has 1 aliphatic heterocycles. The Balaban J connectivity index is 2.18.